The van der Waals surface area contributed by atoms with Crippen molar-refractivity contribution in [1.29, 1.82) is 0 Å². The molecule has 2 rings (SSSR count). The molecule has 0 aliphatic carbocycles. The Hall–Kier alpha value is -2.40. The smallest absolute Gasteiger partial charge is 0.444 e. The summed E-state index contributed by atoms with van der Waals surface area (Å²) in [5.41, 5.74) is -1.05. The first-order valence-corrected chi connectivity index (χ1v) is 9.96. The fourth-order valence-corrected chi connectivity index (χ4v) is 3.11. The zero-order chi connectivity index (χ0) is 21.1. The normalized spacial score (nSPS) is 17.8. The summed E-state index contributed by atoms with van der Waals surface area (Å²) >= 11 is 0. The lowest BCUT2D eigenvalue weighted by Crippen LogP contribution is -2.50. The maximum absolute atomic E-state index is 13.9. The number of amides is 2. The van der Waals surface area contributed by atoms with Gasteiger partial charge in [-0.25, -0.2) is 9.18 Å². The van der Waals surface area contributed by atoms with Crippen LogP contribution in [0.3, 0.4) is 0 Å². The number of likely N-dealkylation sites (tertiary alicyclic amines) is 1. The number of nitrogens with zero attached hydrogens (tertiary/aromatic N) is 1. The molecule has 11 heteroatoms. The van der Waals surface area contributed by atoms with Crippen molar-refractivity contribution in [3.05, 3.63) is 29.6 Å². The van der Waals surface area contributed by atoms with Crippen molar-refractivity contribution < 1.29 is 35.9 Å². The zero-order valence-corrected chi connectivity index (χ0v) is 16.6. The largest absolute Gasteiger partial charge is 0.446 e. The number of piperidine rings is 1. The van der Waals surface area contributed by atoms with Gasteiger partial charge in [0.15, 0.2) is 11.6 Å². The summed E-state index contributed by atoms with van der Waals surface area (Å²) in [5.74, 6) is -2.82. The summed E-state index contributed by atoms with van der Waals surface area (Å²) in [7, 11) is -5.02. The molecule has 1 heterocycles. The Morgan fingerprint density at radius 2 is 2.00 bits per heavy atom. The number of para-hydroxylation sites is 1. The molecule has 0 bridgehead atoms. The van der Waals surface area contributed by atoms with Crippen LogP contribution >= 0.6 is 0 Å². The number of ether oxygens (including phenoxy) is 1. The molecule has 0 spiro atoms. The fraction of sp³-hybridized carbons (Fsp3) is 0.529. The topological polar surface area (TPSA) is 122 Å². The van der Waals surface area contributed by atoms with Crippen LogP contribution in [0.2, 0.25) is 0 Å². The van der Waals surface area contributed by atoms with Crippen LogP contribution < -0.4 is 9.50 Å². The molecule has 28 heavy (non-hydrogen) atoms. The molecule has 2 N–H and O–H groups in total. The van der Waals surface area contributed by atoms with Crippen LogP contribution in [0.15, 0.2) is 18.2 Å². The Morgan fingerprint density at radius 3 is 2.61 bits per heavy atom. The minimum absolute atomic E-state index is 0.185. The Kier molecular flexibility index (Phi) is 6.50. The second kappa shape index (κ2) is 8.31. The third-order valence-corrected chi connectivity index (χ3v) is 4.19. The fourth-order valence-electron chi connectivity index (χ4n) is 2.73. The molecular formula is C17H23FN2O7S. The molecule has 1 atom stereocenters. The van der Waals surface area contributed by atoms with Crippen LogP contribution in [-0.2, 0) is 15.1 Å². The standard InChI is InChI=1S/C17H23FN2O7S/c1-17(2,3)26-16(22)20-9-5-6-11(10-20)19-15(21)12-7-4-8-13(18)14(12)27-28(23,24)25/h4,7-8,11H,5-6,9-10H2,1-3H3,(H,19,21)(H,23,24,25)/t11-/m1/s1. The average Bonchev–Trinajstić information content (AvgIpc) is 2.54. The Morgan fingerprint density at radius 1 is 1.32 bits per heavy atom. The van der Waals surface area contributed by atoms with Gasteiger partial charge in [-0.15, -0.1) is 0 Å². The number of halogens is 1. The molecule has 0 unspecified atom stereocenters. The first-order chi connectivity index (χ1) is 12.9. The van der Waals surface area contributed by atoms with Gasteiger partial charge in [-0.3, -0.25) is 9.35 Å². The van der Waals surface area contributed by atoms with E-state index in [2.05, 4.69) is 9.50 Å². The van der Waals surface area contributed by atoms with E-state index in [-0.39, 0.29) is 6.54 Å². The molecule has 1 aliphatic heterocycles. The quantitative estimate of drug-likeness (QED) is 0.718. The second-order valence-corrected chi connectivity index (χ2v) is 8.39. The minimum atomic E-state index is -5.02. The van der Waals surface area contributed by atoms with E-state index in [1.807, 2.05) is 0 Å². The van der Waals surface area contributed by atoms with Gasteiger partial charge in [-0.2, -0.15) is 8.42 Å². The van der Waals surface area contributed by atoms with E-state index in [9.17, 15) is 22.4 Å². The zero-order valence-electron chi connectivity index (χ0n) is 15.8. The number of hydrogen-bond acceptors (Lipinski definition) is 6. The highest BCUT2D eigenvalue weighted by Crippen LogP contribution is 2.24. The lowest BCUT2D eigenvalue weighted by atomic mass is 10.1. The van der Waals surface area contributed by atoms with Gasteiger partial charge in [-0.05, 0) is 45.7 Å². The van der Waals surface area contributed by atoms with Crippen LogP contribution in [0.4, 0.5) is 9.18 Å². The first kappa shape index (κ1) is 21.9. The molecule has 1 saturated heterocycles. The van der Waals surface area contributed by atoms with E-state index in [0.717, 1.165) is 12.1 Å². The van der Waals surface area contributed by atoms with Crippen molar-refractivity contribution in [2.75, 3.05) is 13.1 Å². The van der Waals surface area contributed by atoms with Crippen molar-refractivity contribution in [2.45, 2.75) is 45.3 Å². The van der Waals surface area contributed by atoms with Crippen molar-refractivity contribution in [1.82, 2.24) is 10.2 Å². The minimum Gasteiger partial charge on any atom is -0.444 e. The van der Waals surface area contributed by atoms with E-state index < -0.39 is 51.2 Å². The summed E-state index contributed by atoms with van der Waals surface area (Å²) in [5, 5.41) is 2.62. The molecule has 1 fully saturated rings. The highest BCUT2D eigenvalue weighted by molar-refractivity contribution is 7.81. The second-order valence-electron chi connectivity index (χ2n) is 7.37. The first-order valence-electron chi connectivity index (χ1n) is 8.60. The Labute approximate surface area is 162 Å². The van der Waals surface area contributed by atoms with Gasteiger partial charge in [0.25, 0.3) is 5.91 Å². The molecule has 0 radical (unpaired) electrons. The molecule has 0 aromatic heterocycles. The predicted octanol–water partition coefficient (Wildman–Crippen LogP) is 2.14. The van der Waals surface area contributed by atoms with Crippen molar-refractivity contribution in [3.63, 3.8) is 0 Å². The summed E-state index contributed by atoms with van der Waals surface area (Å²) in [6.07, 6.45) is 0.670. The molecule has 1 aliphatic rings. The van der Waals surface area contributed by atoms with Gasteiger partial charge in [-0.1, -0.05) is 6.07 Å². The summed E-state index contributed by atoms with van der Waals surface area (Å²) in [6, 6.07) is 2.81. The molecule has 9 nitrogen and oxygen atoms in total. The number of hydrogen-bond donors (Lipinski definition) is 2. The number of rotatable bonds is 4. The Bertz CT molecular complexity index is 852. The Balaban J connectivity index is 2.11. The van der Waals surface area contributed by atoms with Gasteiger partial charge in [0.2, 0.25) is 0 Å². The van der Waals surface area contributed by atoms with Gasteiger partial charge in [0.05, 0.1) is 5.56 Å². The maximum Gasteiger partial charge on any atom is 0.446 e. The number of benzene rings is 1. The van der Waals surface area contributed by atoms with Gasteiger partial charge in [0, 0.05) is 19.1 Å². The van der Waals surface area contributed by atoms with Gasteiger partial charge < -0.3 is 19.1 Å². The molecular weight excluding hydrogens is 395 g/mol. The highest BCUT2D eigenvalue weighted by Gasteiger charge is 2.29. The lowest BCUT2D eigenvalue weighted by Gasteiger charge is -2.34. The molecule has 1 aromatic rings. The lowest BCUT2D eigenvalue weighted by molar-refractivity contribution is 0.0185. The number of carbonyl (C=O) groups is 2. The monoisotopic (exact) mass is 418 g/mol. The van der Waals surface area contributed by atoms with Crippen LogP contribution in [0, 0.1) is 5.82 Å². The summed E-state index contributed by atoms with van der Waals surface area (Å²) < 4.78 is 54.1. The van der Waals surface area contributed by atoms with E-state index in [4.69, 9.17) is 9.29 Å². The SMILES string of the molecule is CC(C)(C)OC(=O)N1CCC[C@@H](NC(=O)c2cccc(F)c2OS(=O)(=O)O)C1. The molecule has 0 saturated carbocycles. The molecule has 156 valence electrons. The van der Waals surface area contributed by atoms with Crippen molar-refractivity contribution in [2.24, 2.45) is 0 Å². The highest BCUT2D eigenvalue weighted by atomic mass is 32.3. The van der Waals surface area contributed by atoms with Crippen LogP contribution in [0.5, 0.6) is 5.75 Å². The predicted molar refractivity (Wildman–Crippen MR) is 96.9 cm³/mol. The third kappa shape index (κ3) is 6.34. The molecule has 2 amide bonds. The van der Waals surface area contributed by atoms with E-state index in [0.29, 0.717) is 19.4 Å². The van der Waals surface area contributed by atoms with Gasteiger partial charge in [0.1, 0.15) is 5.60 Å². The van der Waals surface area contributed by atoms with Gasteiger partial charge >= 0.3 is 16.5 Å². The third-order valence-electron chi connectivity index (χ3n) is 3.81. The van der Waals surface area contributed by atoms with Crippen molar-refractivity contribution >= 4 is 22.4 Å². The number of carbonyl (C=O) groups excluding carboxylic acids is 2. The van der Waals surface area contributed by atoms with Crippen LogP contribution in [-0.4, -0.2) is 54.6 Å². The van der Waals surface area contributed by atoms with Crippen LogP contribution in [0.25, 0.3) is 0 Å². The summed E-state index contributed by atoms with van der Waals surface area (Å²) in [4.78, 5) is 26.2. The average molecular weight is 418 g/mol. The molecule has 1 aromatic carbocycles. The van der Waals surface area contributed by atoms with E-state index in [1.165, 1.54) is 11.0 Å². The number of nitrogens with one attached hydrogen (secondary N) is 1. The summed E-state index contributed by atoms with van der Waals surface area (Å²) in [6.45, 7) is 5.89. The van der Waals surface area contributed by atoms with Crippen molar-refractivity contribution in [3.8, 4) is 5.75 Å². The maximum atomic E-state index is 13.9. The van der Waals surface area contributed by atoms with E-state index in [1.54, 1.807) is 20.8 Å². The van der Waals surface area contributed by atoms with E-state index >= 15 is 0 Å². The van der Waals surface area contributed by atoms with Crippen LogP contribution in [0.1, 0.15) is 44.0 Å².